The van der Waals surface area contributed by atoms with Gasteiger partial charge in [-0.3, -0.25) is 0 Å². The Balaban J connectivity index is 1.72. The van der Waals surface area contributed by atoms with Gasteiger partial charge in [-0.1, -0.05) is 39.3 Å². The Kier molecular flexibility index (Phi) is 5.91. The molecule has 174 valence electrons. The van der Waals surface area contributed by atoms with Gasteiger partial charge in [-0.2, -0.15) is 0 Å². The van der Waals surface area contributed by atoms with Gasteiger partial charge in [-0.15, -0.1) is 0 Å². The maximum atomic E-state index is 11.9. The van der Waals surface area contributed by atoms with E-state index in [1.807, 2.05) is 13.0 Å². The number of aliphatic hydroxyl groups excluding tert-OH is 1. The first-order valence-electron chi connectivity index (χ1n) is 11.7. The van der Waals surface area contributed by atoms with Crippen molar-refractivity contribution < 1.29 is 19.0 Å². The summed E-state index contributed by atoms with van der Waals surface area (Å²) in [5.41, 5.74) is 2.31. The van der Waals surface area contributed by atoms with E-state index in [0.717, 1.165) is 30.2 Å². The van der Waals surface area contributed by atoms with Crippen LogP contribution in [-0.4, -0.2) is 24.9 Å². The number of methoxy groups -OCH3 is 1. The van der Waals surface area contributed by atoms with Gasteiger partial charge in [0.15, 0.2) is 11.5 Å². The normalized spacial score (nSPS) is 29.3. The van der Waals surface area contributed by atoms with E-state index in [-0.39, 0.29) is 28.5 Å². The molecule has 0 aliphatic heterocycles. The van der Waals surface area contributed by atoms with E-state index in [0.29, 0.717) is 36.0 Å². The molecule has 1 aromatic carbocycles. The molecule has 0 saturated heterocycles. The van der Waals surface area contributed by atoms with E-state index < -0.39 is 0 Å². The van der Waals surface area contributed by atoms with Crippen LogP contribution in [0.2, 0.25) is 0 Å². The van der Waals surface area contributed by atoms with Gasteiger partial charge in [0.2, 0.25) is 0 Å². The fourth-order valence-electron chi connectivity index (χ4n) is 6.39. The minimum absolute atomic E-state index is 0.0462. The summed E-state index contributed by atoms with van der Waals surface area (Å²) in [7, 11) is 1.64. The molecular weight excluding hydrogens is 404 g/mol. The van der Waals surface area contributed by atoms with E-state index in [2.05, 4.69) is 33.8 Å². The van der Waals surface area contributed by atoms with Gasteiger partial charge in [-0.05, 0) is 61.5 Å². The van der Waals surface area contributed by atoms with Crippen LogP contribution in [0.5, 0.6) is 11.5 Å². The zero-order valence-electron chi connectivity index (χ0n) is 20.2. The van der Waals surface area contributed by atoms with Crippen molar-refractivity contribution in [1.82, 2.24) is 0 Å². The summed E-state index contributed by atoms with van der Waals surface area (Å²) in [5, 5.41) is 11.5. The van der Waals surface area contributed by atoms with Crippen LogP contribution in [0, 0.1) is 22.7 Å². The van der Waals surface area contributed by atoms with E-state index in [4.69, 9.17) is 13.9 Å². The Labute approximate surface area is 190 Å². The molecule has 5 nitrogen and oxygen atoms in total. The molecule has 0 radical (unpaired) electrons. The topological polar surface area (TPSA) is 68.9 Å². The monoisotopic (exact) mass is 440 g/mol. The molecule has 1 heterocycles. The molecular formula is C27H36O5. The SMILES string of the molecule is CCc1c(OC[C@@H]2C(C)=CC[C@H]3C(C)(C)[C@@H](O)CC[C@]23C)c(OC)cc2ccc(=O)oc12. The van der Waals surface area contributed by atoms with Crippen LogP contribution < -0.4 is 15.1 Å². The molecule has 0 spiro atoms. The van der Waals surface area contributed by atoms with Crippen LogP contribution in [0.25, 0.3) is 11.0 Å². The van der Waals surface area contributed by atoms with Crippen LogP contribution in [0.1, 0.15) is 59.4 Å². The highest BCUT2D eigenvalue weighted by Crippen LogP contribution is 2.59. The number of aryl methyl sites for hydroxylation is 1. The van der Waals surface area contributed by atoms with Crippen molar-refractivity contribution in [1.29, 1.82) is 0 Å². The van der Waals surface area contributed by atoms with Crippen molar-refractivity contribution in [3.63, 3.8) is 0 Å². The lowest BCUT2D eigenvalue weighted by Gasteiger charge is -2.58. The Morgan fingerprint density at radius 1 is 1.25 bits per heavy atom. The first kappa shape index (κ1) is 22.9. The van der Waals surface area contributed by atoms with Gasteiger partial charge in [-0.25, -0.2) is 4.79 Å². The summed E-state index contributed by atoms with van der Waals surface area (Å²) >= 11 is 0. The number of hydrogen-bond acceptors (Lipinski definition) is 5. The molecule has 2 aromatic rings. The summed E-state index contributed by atoms with van der Waals surface area (Å²) < 4.78 is 17.8. The van der Waals surface area contributed by atoms with Gasteiger partial charge < -0.3 is 19.0 Å². The van der Waals surface area contributed by atoms with Crippen LogP contribution in [0.3, 0.4) is 0 Å². The molecule has 0 amide bonds. The zero-order chi connectivity index (χ0) is 23.3. The molecule has 1 saturated carbocycles. The number of fused-ring (bicyclic) bond motifs is 2. The quantitative estimate of drug-likeness (QED) is 0.490. The molecule has 0 unspecified atom stereocenters. The Hall–Kier alpha value is -2.27. The molecule has 32 heavy (non-hydrogen) atoms. The van der Waals surface area contributed by atoms with Crippen LogP contribution >= 0.6 is 0 Å². The van der Waals surface area contributed by atoms with Crippen LogP contribution in [-0.2, 0) is 6.42 Å². The molecule has 0 bridgehead atoms. The minimum Gasteiger partial charge on any atom is -0.493 e. The predicted molar refractivity (Wildman–Crippen MR) is 126 cm³/mol. The van der Waals surface area contributed by atoms with Gasteiger partial charge in [0.25, 0.3) is 0 Å². The second-order valence-corrected chi connectivity index (χ2v) is 10.4. The summed E-state index contributed by atoms with van der Waals surface area (Å²) in [6.45, 7) is 11.5. The fourth-order valence-corrected chi connectivity index (χ4v) is 6.39. The molecule has 2 aliphatic rings. The van der Waals surface area contributed by atoms with Crippen molar-refractivity contribution >= 4 is 11.0 Å². The lowest BCUT2D eigenvalue weighted by atomic mass is 9.48. The number of hydrogen-bond donors (Lipinski definition) is 1. The molecule has 4 atom stereocenters. The van der Waals surface area contributed by atoms with Gasteiger partial charge in [0, 0.05) is 22.9 Å². The maximum Gasteiger partial charge on any atom is 0.336 e. The van der Waals surface area contributed by atoms with Gasteiger partial charge in [0.05, 0.1) is 19.8 Å². The summed E-state index contributed by atoms with van der Waals surface area (Å²) in [5.74, 6) is 1.94. The third-order valence-electron chi connectivity index (χ3n) is 8.42. The van der Waals surface area contributed by atoms with E-state index in [9.17, 15) is 9.90 Å². The standard InChI is InChI=1S/C27H36O5/c1-7-18-24-17(9-11-23(29)32-24)14-20(30-6)25(18)31-15-19-16(2)8-10-21-26(3,4)22(28)12-13-27(19,21)5/h8-9,11,14,19,21-22,28H,7,10,12-13,15H2,1-6H3/t19-,21+,22+,27-/m1/s1. The largest absolute Gasteiger partial charge is 0.493 e. The molecule has 4 rings (SSSR count). The highest BCUT2D eigenvalue weighted by Gasteiger charge is 2.55. The van der Waals surface area contributed by atoms with Crippen molar-refractivity contribution in [2.24, 2.45) is 22.7 Å². The predicted octanol–water partition coefficient (Wildman–Crippen LogP) is 5.51. The Morgan fingerprint density at radius 3 is 2.69 bits per heavy atom. The molecule has 1 aromatic heterocycles. The number of aliphatic hydroxyl groups is 1. The summed E-state index contributed by atoms with van der Waals surface area (Å²) in [6, 6.07) is 5.07. The lowest BCUT2D eigenvalue weighted by Crippen LogP contribution is -2.55. The molecule has 1 fully saturated rings. The Morgan fingerprint density at radius 2 is 2.00 bits per heavy atom. The molecule has 2 aliphatic carbocycles. The number of rotatable bonds is 5. The molecule has 1 N–H and O–H groups in total. The molecule has 5 heteroatoms. The van der Waals surface area contributed by atoms with Crippen molar-refractivity contribution in [3.05, 3.63) is 45.8 Å². The second-order valence-electron chi connectivity index (χ2n) is 10.4. The van der Waals surface area contributed by atoms with Crippen molar-refractivity contribution in [2.75, 3.05) is 13.7 Å². The first-order valence-corrected chi connectivity index (χ1v) is 11.7. The average molecular weight is 441 g/mol. The fraction of sp³-hybridized carbons (Fsp3) is 0.593. The first-order chi connectivity index (χ1) is 15.1. The van der Waals surface area contributed by atoms with Crippen molar-refractivity contribution in [3.8, 4) is 11.5 Å². The lowest BCUT2D eigenvalue weighted by molar-refractivity contribution is -0.119. The summed E-state index contributed by atoms with van der Waals surface area (Å²) in [6.07, 6.45) is 5.50. The number of ether oxygens (including phenoxy) is 2. The summed E-state index contributed by atoms with van der Waals surface area (Å²) in [4.78, 5) is 11.9. The third kappa shape index (κ3) is 3.55. The van der Waals surface area contributed by atoms with Gasteiger partial charge in [0.1, 0.15) is 5.58 Å². The minimum atomic E-state index is -0.368. The highest BCUT2D eigenvalue weighted by atomic mass is 16.5. The third-order valence-corrected chi connectivity index (χ3v) is 8.42. The van der Waals surface area contributed by atoms with Crippen molar-refractivity contribution in [2.45, 2.75) is 66.4 Å². The van der Waals surface area contributed by atoms with E-state index >= 15 is 0 Å². The number of allylic oxidation sites excluding steroid dienone is 1. The van der Waals surface area contributed by atoms with Gasteiger partial charge >= 0.3 is 5.63 Å². The smallest absolute Gasteiger partial charge is 0.336 e. The second kappa shape index (κ2) is 8.26. The van der Waals surface area contributed by atoms with Crippen LogP contribution in [0.4, 0.5) is 0 Å². The van der Waals surface area contributed by atoms with E-state index in [1.165, 1.54) is 11.6 Å². The van der Waals surface area contributed by atoms with E-state index in [1.54, 1.807) is 13.2 Å². The van der Waals surface area contributed by atoms with Crippen LogP contribution in [0.15, 0.2) is 39.1 Å². The average Bonchev–Trinajstić information content (AvgIpc) is 2.75. The zero-order valence-corrected chi connectivity index (χ0v) is 20.2. The Bertz CT molecular complexity index is 1100. The highest BCUT2D eigenvalue weighted by molar-refractivity contribution is 5.85. The number of benzene rings is 1. The maximum absolute atomic E-state index is 11.9.